The molecule has 0 saturated carbocycles. The van der Waals surface area contributed by atoms with Crippen molar-refractivity contribution in [2.45, 2.75) is 19.4 Å². The van der Waals surface area contributed by atoms with E-state index >= 15 is 0 Å². The van der Waals surface area contributed by atoms with Gasteiger partial charge in [0.2, 0.25) is 5.13 Å². The summed E-state index contributed by atoms with van der Waals surface area (Å²) < 4.78 is 1.66. The SMILES string of the molecule is CC(C)(NC(=O)c1cnn(-c2ccccc2)c1)c1nnc(N)s1. The zero-order chi connectivity index (χ0) is 16.4. The summed E-state index contributed by atoms with van der Waals surface area (Å²) in [5, 5.41) is 16.0. The van der Waals surface area contributed by atoms with Crippen molar-refractivity contribution in [2.24, 2.45) is 0 Å². The predicted molar refractivity (Wildman–Crippen MR) is 88.4 cm³/mol. The average Bonchev–Trinajstić information content (AvgIpc) is 3.17. The van der Waals surface area contributed by atoms with Crippen molar-refractivity contribution in [3.63, 3.8) is 0 Å². The van der Waals surface area contributed by atoms with Crippen LogP contribution in [0.3, 0.4) is 0 Å². The van der Waals surface area contributed by atoms with Gasteiger partial charge in [-0.1, -0.05) is 29.5 Å². The van der Waals surface area contributed by atoms with E-state index in [2.05, 4.69) is 20.6 Å². The quantitative estimate of drug-likeness (QED) is 0.763. The molecule has 0 unspecified atom stereocenters. The minimum absolute atomic E-state index is 0.231. The lowest BCUT2D eigenvalue weighted by Gasteiger charge is -2.22. The number of nitrogens with two attached hydrogens (primary N) is 1. The molecular formula is C15H16N6OS. The maximum Gasteiger partial charge on any atom is 0.255 e. The summed E-state index contributed by atoms with van der Waals surface area (Å²) in [5.74, 6) is -0.231. The van der Waals surface area contributed by atoms with Crippen molar-refractivity contribution in [3.05, 3.63) is 53.3 Å². The highest BCUT2D eigenvalue weighted by molar-refractivity contribution is 7.15. The van der Waals surface area contributed by atoms with Crippen LogP contribution in [0.25, 0.3) is 5.69 Å². The van der Waals surface area contributed by atoms with Crippen LogP contribution >= 0.6 is 11.3 Å². The number of amides is 1. The zero-order valence-electron chi connectivity index (χ0n) is 12.7. The van der Waals surface area contributed by atoms with Gasteiger partial charge in [0, 0.05) is 6.20 Å². The molecule has 3 aromatic rings. The van der Waals surface area contributed by atoms with Crippen LogP contribution in [0.15, 0.2) is 42.7 Å². The number of aromatic nitrogens is 4. The van der Waals surface area contributed by atoms with Gasteiger partial charge in [-0.25, -0.2) is 4.68 Å². The molecule has 0 aliphatic rings. The van der Waals surface area contributed by atoms with Gasteiger partial charge in [-0.2, -0.15) is 5.10 Å². The van der Waals surface area contributed by atoms with Crippen LogP contribution in [0.1, 0.15) is 29.2 Å². The first-order chi connectivity index (χ1) is 11.0. The molecular weight excluding hydrogens is 312 g/mol. The topological polar surface area (TPSA) is 98.7 Å². The molecule has 118 valence electrons. The number of para-hydroxylation sites is 1. The predicted octanol–water partition coefficient (Wildman–Crippen LogP) is 1.97. The molecule has 0 aliphatic carbocycles. The highest BCUT2D eigenvalue weighted by Gasteiger charge is 2.28. The van der Waals surface area contributed by atoms with E-state index in [0.717, 1.165) is 5.69 Å². The van der Waals surface area contributed by atoms with E-state index in [1.54, 1.807) is 10.9 Å². The van der Waals surface area contributed by atoms with Crippen LogP contribution < -0.4 is 11.1 Å². The molecule has 23 heavy (non-hydrogen) atoms. The Kier molecular flexibility index (Phi) is 3.83. The zero-order valence-corrected chi connectivity index (χ0v) is 13.5. The van der Waals surface area contributed by atoms with Crippen LogP contribution in [0, 0.1) is 0 Å². The smallest absolute Gasteiger partial charge is 0.255 e. The first-order valence-electron chi connectivity index (χ1n) is 6.98. The Balaban J connectivity index is 1.78. The summed E-state index contributed by atoms with van der Waals surface area (Å²) in [7, 11) is 0. The molecule has 0 fully saturated rings. The summed E-state index contributed by atoms with van der Waals surface area (Å²) in [6.07, 6.45) is 3.22. The van der Waals surface area contributed by atoms with Gasteiger partial charge >= 0.3 is 0 Å². The van der Waals surface area contributed by atoms with Crippen molar-refractivity contribution < 1.29 is 4.79 Å². The third kappa shape index (κ3) is 3.21. The van der Waals surface area contributed by atoms with Crippen molar-refractivity contribution in [2.75, 3.05) is 5.73 Å². The molecule has 3 rings (SSSR count). The molecule has 2 aromatic heterocycles. The van der Waals surface area contributed by atoms with Crippen molar-refractivity contribution >= 4 is 22.4 Å². The van der Waals surface area contributed by atoms with Gasteiger partial charge in [-0.3, -0.25) is 4.79 Å². The minimum atomic E-state index is -0.665. The molecule has 0 aliphatic heterocycles. The van der Waals surface area contributed by atoms with Gasteiger partial charge < -0.3 is 11.1 Å². The van der Waals surface area contributed by atoms with Gasteiger partial charge in [-0.05, 0) is 26.0 Å². The van der Waals surface area contributed by atoms with E-state index in [1.807, 2.05) is 44.2 Å². The number of nitrogens with zero attached hydrogens (tertiary/aromatic N) is 4. The van der Waals surface area contributed by atoms with Gasteiger partial charge in [0.25, 0.3) is 5.91 Å². The van der Waals surface area contributed by atoms with Crippen molar-refractivity contribution in [1.82, 2.24) is 25.3 Å². The van der Waals surface area contributed by atoms with Gasteiger partial charge in [0.1, 0.15) is 5.01 Å². The summed E-state index contributed by atoms with van der Waals surface area (Å²) in [6.45, 7) is 3.71. The number of hydrogen-bond acceptors (Lipinski definition) is 6. The fraction of sp³-hybridized carbons (Fsp3) is 0.200. The van der Waals surface area contributed by atoms with Crippen LogP contribution in [0.2, 0.25) is 0 Å². The Morgan fingerprint density at radius 2 is 2.00 bits per heavy atom. The number of nitrogen functional groups attached to an aromatic ring is 1. The molecule has 0 atom stereocenters. The molecule has 0 bridgehead atoms. The number of carbonyl (C=O) groups is 1. The third-order valence-corrected chi connectivity index (χ3v) is 4.34. The Hall–Kier alpha value is -2.74. The second-order valence-corrected chi connectivity index (χ2v) is 6.54. The van der Waals surface area contributed by atoms with Gasteiger partial charge in [-0.15, -0.1) is 10.2 Å². The number of hydrogen-bond donors (Lipinski definition) is 2. The fourth-order valence-electron chi connectivity index (χ4n) is 2.06. The van der Waals surface area contributed by atoms with E-state index in [0.29, 0.717) is 15.7 Å². The first-order valence-corrected chi connectivity index (χ1v) is 7.79. The lowest BCUT2D eigenvalue weighted by molar-refractivity contribution is 0.0911. The van der Waals surface area contributed by atoms with Gasteiger partial charge in [0.05, 0.1) is 23.0 Å². The Bertz CT molecular complexity index is 823. The number of benzene rings is 1. The normalized spacial score (nSPS) is 11.4. The second kappa shape index (κ2) is 5.81. The molecule has 7 nitrogen and oxygen atoms in total. The maximum atomic E-state index is 12.4. The summed E-state index contributed by atoms with van der Waals surface area (Å²) in [4.78, 5) is 12.4. The first kappa shape index (κ1) is 15.2. The number of carbonyl (C=O) groups excluding carboxylic acids is 1. The summed E-state index contributed by atoms with van der Waals surface area (Å²) in [6, 6.07) is 9.60. The van der Waals surface area contributed by atoms with E-state index < -0.39 is 5.54 Å². The Morgan fingerprint density at radius 3 is 2.65 bits per heavy atom. The van der Waals surface area contributed by atoms with Crippen molar-refractivity contribution in [3.8, 4) is 5.69 Å². The second-order valence-electron chi connectivity index (χ2n) is 5.53. The van der Waals surface area contributed by atoms with E-state index in [-0.39, 0.29) is 5.91 Å². The lowest BCUT2D eigenvalue weighted by atomic mass is 10.1. The lowest BCUT2D eigenvalue weighted by Crippen LogP contribution is -2.40. The molecule has 0 saturated heterocycles. The molecule has 1 aromatic carbocycles. The fourth-order valence-corrected chi connectivity index (χ4v) is 2.73. The standard InChI is InChI=1S/C15H16N6OS/c1-15(2,13-19-20-14(16)23-13)18-12(22)10-8-17-21(9-10)11-6-4-3-5-7-11/h3-9H,1-2H3,(H2,16,20)(H,18,22). The third-order valence-electron chi connectivity index (χ3n) is 3.27. The van der Waals surface area contributed by atoms with Gasteiger partial charge in [0.15, 0.2) is 0 Å². The average molecular weight is 328 g/mol. The van der Waals surface area contributed by atoms with Crippen LogP contribution in [0.5, 0.6) is 0 Å². The minimum Gasteiger partial charge on any atom is -0.374 e. The molecule has 3 N–H and O–H groups in total. The van der Waals surface area contributed by atoms with E-state index in [1.165, 1.54) is 17.5 Å². The number of nitrogens with one attached hydrogen (secondary N) is 1. The highest BCUT2D eigenvalue weighted by atomic mass is 32.1. The molecule has 0 radical (unpaired) electrons. The summed E-state index contributed by atoms with van der Waals surface area (Å²) >= 11 is 1.25. The summed E-state index contributed by atoms with van der Waals surface area (Å²) in [5.41, 5.74) is 6.30. The number of rotatable bonds is 4. The monoisotopic (exact) mass is 328 g/mol. The molecule has 8 heteroatoms. The van der Waals surface area contributed by atoms with Crippen LogP contribution in [-0.2, 0) is 5.54 Å². The maximum absolute atomic E-state index is 12.4. The van der Waals surface area contributed by atoms with E-state index in [9.17, 15) is 4.79 Å². The molecule has 1 amide bonds. The Labute approximate surface area is 137 Å². The number of anilines is 1. The van der Waals surface area contributed by atoms with Crippen LogP contribution in [0.4, 0.5) is 5.13 Å². The van der Waals surface area contributed by atoms with Crippen molar-refractivity contribution in [1.29, 1.82) is 0 Å². The van der Waals surface area contributed by atoms with Crippen LogP contribution in [-0.4, -0.2) is 25.9 Å². The Morgan fingerprint density at radius 1 is 1.26 bits per heavy atom. The molecule has 2 heterocycles. The van der Waals surface area contributed by atoms with E-state index in [4.69, 9.17) is 5.73 Å². The largest absolute Gasteiger partial charge is 0.374 e. The molecule has 0 spiro atoms. The highest BCUT2D eigenvalue weighted by Crippen LogP contribution is 2.25.